The summed E-state index contributed by atoms with van der Waals surface area (Å²) in [5.74, 6) is -0.815. The predicted molar refractivity (Wildman–Crippen MR) is 94.2 cm³/mol. The molecule has 1 unspecified atom stereocenters. The van der Waals surface area contributed by atoms with E-state index >= 15 is 0 Å². The maximum Gasteiger partial charge on any atom is 0.446 e. The molecular formula is C18H17F3N2O4S. The van der Waals surface area contributed by atoms with Crippen molar-refractivity contribution in [2.75, 3.05) is 19.8 Å². The van der Waals surface area contributed by atoms with Gasteiger partial charge in [-0.05, 0) is 35.9 Å². The minimum absolute atomic E-state index is 0.00803. The molecular weight excluding hydrogens is 397 g/mol. The zero-order valence-corrected chi connectivity index (χ0v) is 15.4. The Bertz CT molecular complexity index is 847. The number of Topliss-reactive ketones (excluding diaryl/α,β-unsaturated/α-hetero) is 1. The topological polar surface area (TPSA) is 81.4 Å². The highest BCUT2D eigenvalue weighted by Crippen LogP contribution is 2.37. The summed E-state index contributed by atoms with van der Waals surface area (Å²) >= 11 is -0.247. The molecule has 2 aromatic rings. The van der Waals surface area contributed by atoms with Gasteiger partial charge in [-0.2, -0.15) is 13.2 Å². The van der Waals surface area contributed by atoms with Gasteiger partial charge in [0.2, 0.25) is 11.5 Å². The number of rotatable bonds is 7. The van der Waals surface area contributed by atoms with Crippen LogP contribution in [0.5, 0.6) is 0 Å². The van der Waals surface area contributed by atoms with Crippen molar-refractivity contribution >= 4 is 23.5 Å². The van der Waals surface area contributed by atoms with Crippen LogP contribution in [-0.2, 0) is 11.2 Å². The molecule has 0 radical (unpaired) electrons. The number of halogens is 3. The fourth-order valence-electron chi connectivity index (χ4n) is 2.71. The number of carbonyl (C=O) groups excluding carboxylic acids is 2. The Morgan fingerprint density at radius 1 is 1.29 bits per heavy atom. The molecule has 1 N–H and O–H groups in total. The second-order valence-electron chi connectivity index (χ2n) is 6.31. The lowest BCUT2D eigenvalue weighted by Crippen LogP contribution is -2.29. The second kappa shape index (κ2) is 8.78. The standard InChI is InChI=1S/C18H17F3N2O4S/c19-18(20,21)28-13-3-1-2-11(6-13)7-15(24)16-8-14(23-27-16)17(25)22-9-12-4-5-26-10-12/h1-3,6,8,12H,4-5,7,9-10H2,(H,22,25). The summed E-state index contributed by atoms with van der Waals surface area (Å²) in [5, 5.41) is 6.31. The van der Waals surface area contributed by atoms with Crippen LogP contribution in [0.1, 0.15) is 33.0 Å². The summed E-state index contributed by atoms with van der Waals surface area (Å²) in [6.07, 6.45) is 0.705. The van der Waals surface area contributed by atoms with Crippen molar-refractivity contribution in [3.05, 3.63) is 47.3 Å². The van der Waals surface area contributed by atoms with E-state index in [0.717, 1.165) is 6.42 Å². The summed E-state index contributed by atoms with van der Waals surface area (Å²) in [5.41, 5.74) is -4.02. The highest BCUT2D eigenvalue weighted by Gasteiger charge is 2.29. The van der Waals surface area contributed by atoms with Crippen LogP contribution in [0.25, 0.3) is 0 Å². The summed E-state index contributed by atoms with van der Waals surface area (Å²) < 4.78 is 47.6. The maximum atomic E-state index is 12.5. The van der Waals surface area contributed by atoms with Gasteiger partial charge < -0.3 is 14.6 Å². The van der Waals surface area contributed by atoms with Gasteiger partial charge in [0.15, 0.2) is 5.69 Å². The third kappa shape index (κ3) is 5.83. The Morgan fingerprint density at radius 3 is 2.82 bits per heavy atom. The molecule has 1 amide bonds. The van der Waals surface area contributed by atoms with Gasteiger partial charge in [0, 0.05) is 36.5 Å². The Labute approximate surface area is 162 Å². The van der Waals surface area contributed by atoms with E-state index in [0.29, 0.717) is 25.3 Å². The molecule has 0 spiro atoms. The zero-order chi connectivity index (χ0) is 20.1. The van der Waals surface area contributed by atoms with E-state index in [1.165, 1.54) is 24.3 Å². The molecule has 1 aliphatic heterocycles. The van der Waals surface area contributed by atoms with Crippen LogP contribution in [0.4, 0.5) is 13.2 Å². The molecule has 1 fully saturated rings. The number of amides is 1. The van der Waals surface area contributed by atoms with E-state index in [1.54, 1.807) is 6.07 Å². The SMILES string of the molecule is O=C(NCC1CCOC1)c1cc(C(=O)Cc2cccc(SC(F)(F)F)c2)on1. The van der Waals surface area contributed by atoms with Gasteiger partial charge in [0.1, 0.15) is 0 Å². The molecule has 3 rings (SSSR count). The molecule has 0 aliphatic carbocycles. The van der Waals surface area contributed by atoms with E-state index in [9.17, 15) is 22.8 Å². The van der Waals surface area contributed by atoms with Crippen molar-refractivity contribution in [1.82, 2.24) is 10.5 Å². The van der Waals surface area contributed by atoms with Gasteiger partial charge in [0.25, 0.3) is 5.91 Å². The normalized spacial score (nSPS) is 16.9. The number of nitrogens with zero attached hydrogens (tertiary/aromatic N) is 1. The van der Waals surface area contributed by atoms with Crippen LogP contribution in [0.15, 0.2) is 39.8 Å². The lowest BCUT2D eigenvalue weighted by molar-refractivity contribution is -0.0328. The first-order valence-electron chi connectivity index (χ1n) is 8.51. The van der Waals surface area contributed by atoms with Crippen molar-refractivity contribution in [2.24, 2.45) is 5.92 Å². The number of ether oxygens (including phenoxy) is 1. The lowest BCUT2D eigenvalue weighted by Gasteiger charge is -2.07. The monoisotopic (exact) mass is 414 g/mol. The summed E-state index contributed by atoms with van der Waals surface area (Å²) in [6.45, 7) is 1.71. The minimum atomic E-state index is -4.40. The molecule has 1 atom stereocenters. The maximum absolute atomic E-state index is 12.5. The molecule has 2 heterocycles. The quantitative estimate of drug-likeness (QED) is 0.552. The number of hydrogen-bond donors (Lipinski definition) is 1. The number of nitrogens with one attached hydrogen (secondary N) is 1. The van der Waals surface area contributed by atoms with E-state index in [-0.39, 0.29) is 40.5 Å². The molecule has 6 nitrogen and oxygen atoms in total. The molecule has 1 saturated heterocycles. The van der Waals surface area contributed by atoms with Crippen molar-refractivity contribution in [3.63, 3.8) is 0 Å². The highest BCUT2D eigenvalue weighted by molar-refractivity contribution is 8.00. The summed E-state index contributed by atoms with van der Waals surface area (Å²) in [6, 6.07) is 6.84. The molecule has 1 aliphatic rings. The van der Waals surface area contributed by atoms with Crippen molar-refractivity contribution in [2.45, 2.75) is 23.2 Å². The van der Waals surface area contributed by atoms with E-state index in [4.69, 9.17) is 9.26 Å². The molecule has 150 valence electrons. The van der Waals surface area contributed by atoms with Gasteiger partial charge in [-0.3, -0.25) is 9.59 Å². The fourth-order valence-corrected chi connectivity index (χ4v) is 3.33. The van der Waals surface area contributed by atoms with Crippen molar-refractivity contribution in [1.29, 1.82) is 0 Å². The van der Waals surface area contributed by atoms with Gasteiger partial charge in [0.05, 0.1) is 6.61 Å². The Kier molecular flexibility index (Phi) is 6.40. The van der Waals surface area contributed by atoms with Crippen LogP contribution in [0.3, 0.4) is 0 Å². The van der Waals surface area contributed by atoms with Crippen LogP contribution in [0, 0.1) is 5.92 Å². The first kappa shape index (κ1) is 20.4. The Hall–Kier alpha value is -2.33. The number of alkyl halides is 3. The van der Waals surface area contributed by atoms with E-state index in [2.05, 4.69) is 10.5 Å². The number of hydrogen-bond acceptors (Lipinski definition) is 6. The molecule has 1 aromatic carbocycles. The van der Waals surface area contributed by atoms with Crippen LogP contribution >= 0.6 is 11.8 Å². The first-order valence-corrected chi connectivity index (χ1v) is 9.32. The highest BCUT2D eigenvalue weighted by atomic mass is 32.2. The Morgan fingerprint density at radius 2 is 2.11 bits per heavy atom. The minimum Gasteiger partial charge on any atom is -0.381 e. The lowest BCUT2D eigenvalue weighted by atomic mass is 10.1. The smallest absolute Gasteiger partial charge is 0.381 e. The molecule has 28 heavy (non-hydrogen) atoms. The number of aromatic nitrogens is 1. The first-order chi connectivity index (χ1) is 13.3. The van der Waals surface area contributed by atoms with Crippen molar-refractivity contribution < 1.29 is 32.0 Å². The van der Waals surface area contributed by atoms with Crippen LogP contribution < -0.4 is 5.32 Å². The number of benzene rings is 1. The third-order valence-electron chi connectivity index (χ3n) is 4.09. The number of ketones is 1. The van der Waals surface area contributed by atoms with Gasteiger partial charge in [-0.25, -0.2) is 0 Å². The number of carbonyl (C=O) groups is 2. The van der Waals surface area contributed by atoms with E-state index < -0.39 is 17.2 Å². The number of thioether (sulfide) groups is 1. The van der Waals surface area contributed by atoms with Gasteiger partial charge in [-0.1, -0.05) is 17.3 Å². The average Bonchev–Trinajstić information content (AvgIpc) is 3.30. The largest absolute Gasteiger partial charge is 0.446 e. The van der Waals surface area contributed by atoms with Gasteiger partial charge >= 0.3 is 5.51 Å². The fraction of sp³-hybridized carbons (Fsp3) is 0.389. The summed E-state index contributed by atoms with van der Waals surface area (Å²) in [7, 11) is 0. The van der Waals surface area contributed by atoms with Crippen LogP contribution in [0.2, 0.25) is 0 Å². The predicted octanol–water partition coefficient (Wildman–Crippen LogP) is 3.48. The Balaban J connectivity index is 1.58. The average molecular weight is 414 g/mol. The molecule has 0 saturated carbocycles. The second-order valence-corrected chi connectivity index (χ2v) is 7.45. The van der Waals surface area contributed by atoms with E-state index in [1.807, 2.05) is 0 Å². The van der Waals surface area contributed by atoms with Crippen LogP contribution in [-0.4, -0.2) is 42.1 Å². The third-order valence-corrected chi connectivity index (χ3v) is 4.81. The molecule has 0 bridgehead atoms. The zero-order valence-electron chi connectivity index (χ0n) is 14.6. The summed E-state index contributed by atoms with van der Waals surface area (Å²) in [4.78, 5) is 24.4. The van der Waals surface area contributed by atoms with Crippen molar-refractivity contribution in [3.8, 4) is 0 Å². The van der Waals surface area contributed by atoms with Gasteiger partial charge in [-0.15, -0.1) is 0 Å². The molecule has 1 aromatic heterocycles. The molecule has 10 heteroatoms.